The second-order valence-electron chi connectivity index (χ2n) is 3.17. The summed E-state index contributed by atoms with van der Waals surface area (Å²) in [7, 11) is 0. The Balaban J connectivity index is 2.95. The van der Waals surface area contributed by atoms with Gasteiger partial charge in [0.2, 0.25) is 5.91 Å². The van der Waals surface area contributed by atoms with Gasteiger partial charge in [0, 0.05) is 5.69 Å². The Morgan fingerprint density at radius 2 is 2.13 bits per heavy atom. The van der Waals surface area contributed by atoms with E-state index in [1.54, 1.807) is 19.1 Å². The molecular weight excluding hydrogens is 196 g/mol. The number of carbonyl (C=O) groups excluding carboxylic acids is 1. The summed E-state index contributed by atoms with van der Waals surface area (Å²) in [6.07, 6.45) is 0. The molecule has 4 N–H and O–H groups in total. The van der Waals surface area contributed by atoms with E-state index in [4.69, 9.17) is 10.8 Å². The fourth-order valence-electron chi connectivity index (χ4n) is 1.17. The number of amides is 1. The smallest absolute Gasteiger partial charge is 0.337 e. The minimum atomic E-state index is -1.04. The molecule has 5 heteroatoms. The molecular formula is C10H12N2O3. The van der Waals surface area contributed by atoms with Crippen LogP contribution in [0.5, 0.6) is 0 Å². The van der Waals surface area contributed by atoms with Gasteiger partial charge in [-0.15, -0.1) is 0 Å². The average Bonchev–Trinajstić information content (AvgIpc) is 2.15. The van der Waals surface area contributed by atoms with E-state index >= 15 is 0 Å². The van der Waals surface area contributed by atoms with E-state index < -0.39 is 11.9 Å². The number of nitrogens with two attached hydrogens (primary N) is 1. The van der Waals surface area contributed by atoms with Crippen LogP contribution in [0.15, 0.2) is 18.2 Å². The van der Waals surface area contributed by atoms with Crippen molar-refractivity contribution in [2.45, 2.75) is 6.92 Å². The molecule has 1 rings (SSSR count). The maximum Gasteiger partial charge on any atom is 0.337 e. The van der Waals surface area contributed by atoms with Crippen molar-refractivity contribution in [3.63, 3.8) is 0 Å². The zero-order chi connectivity index (χ0) is 11.4. The Morgan fingerprint density at radius 1 is 1.47 bits per heavy atom. The van der Waals surface area contributed by atoms with Gasteiger partial charge in [-0.2, -0.15) is 0 Å². The molecule has 0 saturated heterocycles. The van der Waals surface area contributed by atoms with E-state index in [1.165, 1.54) is 6.07 Å². The molecule has 1 aromatic carbocycles. The fourth-order valence-corrected chi connectivity index (χ4v) is 1.17. The van der Waals surface area contributed by atoms with Gasteiger partial charge in [-0.1, -0.05) is 11.6 Å². The monoisotopic (exact) mass is 208 g/mol. The van der Waals surface area contributed by atoms with Gasteiger partial charge in [-0.25, -0.2) is 4.79 Å². The van der Waals surface area contributed by atoms with Crippen LogP contribution in [0.1, 0.15) is 15.9 Å². The Kier molecular flexibility index (Phi) is 3.28. The summed E-state index contributed by atoms with van der Waals surface area (Å²) in [5.41, 5.74) is 6.32. The molecule has 0 saturated carbocycles. The molecule has 0 unspecified atom stereocenters. The highest BCUT2D eigenvalue weighted by Gasteiger charge is 2.09. The average molecular weight is 208 g/mol. The number of anilines is 1. The van der Waals surface area contributed by atoms with E-state index in [0.717, 1.165) is 5.56 Å². The third-order valence-electron chi connectivity index (χ3n) is 1.86. The SMILES string of the molecule is Cc1ccc(NCC(N)=O)c(C(=O)O)c1. The van der Waals surface area contributed by atoms with E-state index in [-0.39, 0.29) is 12.1 Å². The molecule has 5 nitrogen and oxygen atoms in total. The number of carboxylic acids is 1. The van der Waals surface area contributed by atoms with Crippen molar-refractivity contribution in [3.8, 4) is 0 Å². The molecule has 0 aliphatic heterocycles. The van der Waals surface area contributed by atoms with Gasteiger partial charge in [-0.05, 0) is 19.1 Å². The molecule has 1 amide bonds. The zero-order valence-electron chi connectivity index (χ0n) is 8.28. The summed E-state index contributed by atoms with van der Waals surface area (Å²) in [5, 5.41) is 11.6. The van der Waals surface area contributed by atoms with Crippen molar-refractivity contribution in [2.24, 2.45) is 5.73 Å². The summed E-state index contributed by atoms with van der Waals surface area (Å²) in [5.74, 6) is -1.57. The summed E-state index contributed by atoms with van der Waals surface area (Å²) < 4.78 is 0. The third kappa shape index (κ3) is 2.98. The van der Waals surface area contributed by atoms with Crippen LogP contribution in [0.4, 0.5) is 5.69 Å². The number of rotatable bonds is 4. The number of carboxylic acid groups (broad SMARTS) is 1. The number of hydrogen-bond acceptors (Lipinski definition) is 3. The first-order valence-corrected chi connectivity index (χ1v) is 4.37. The highest BCUT2D eigenvalue weighted by molar-refractivity contribution is 5.95. The summed E-state index contributed by atoms with van der Waals surface area (Å²) >= 11 is 0. The van der Waals surface area contributed by atoms with Gasteiger partial charge >= 0.3 is 5.97 Å². The standard InChI is InChI=1S/C10H12N2O3/c1-6-2-3-8(12-5-9(11)13)7(4-6)10(14)15/h2-4,12H,5H2,1H3,(H2,11,13)(H,14,15). The van der Waals surface area contributed by atoms with Crippen molar-refractivity contribution >= 4 is 17.6 Å². The van der Waals surface area contributed by atoms with Crippen molar-refractivity contribution in [3.05, 3.63) is 29.3 Å². The van der Waals surface area contributed by atoms with Crippen molar-refractivity contribution in [1.29, 1.82) is 0 Å². The van der Waals surface area contributed by atoms with Crippen LogP contribution >= 0.6 is 0 Å². The number of carbonyl (C=O) groups is 2. The lowest BCUT2D eigenvalue weighted by Crippen LogP contribution is -2.22. The van der Waals surface area contributed by atoms with Crippen LogP contribution in [0.2, 0.25) is 0 Å². The quantitative estimate of drug-likeness (QED) is 0.675. The molecule has 0 bridgehead atoms. The molecule has 15 heavy (non-hydrogen) atoms. The van der Waals surface area contributed by atoms with E-state index in [0.29, 0.717) is 5.69 Å². The highest BCUT2D eigenvalue weighted by atomic mass is 16.4. The van der Waals surface area contributed by atoms with Crippen molar-refractivity contribution in [1.82, 2.24) is 0 Å². The summed E-state index contributed by atoms with van der Waals surface area (Å²) in [4.78, 5) is 21.4. The van der Waals surface area contributed by atoms with E-state index in [9.17, 15) is 9.59 Å². The molecule has 1 aromatic rings. The van der Waals surface area contributed by atoms with Gasteiger partial charge in [-0.3, -0.25) is 4.79 Å². The summed E-state index contributed by atoms with van der Waals surface area (Å²) in [6, 6.07) is 4.91. The second kappa shape index (κ2) is 4.45. The molecule has 0 fully saturated rings. The van der Waals surface area contributed by atoms with Gasteiger partial charge in [0.15, 0.2) is 0 Å². The Bertz CT molecular complexity index is 402. The molecule has 80 valence electrons. The van der Waals surface area contributed by atoms with Crippen LogP contribution in [-0.2, 0) is 4.79 Å². The van der Waals surface area contributed by atoms with E-state index in [1.807, 2.05) is 0 Å². The first-order chi connectivity index (χ1) is 7.00. The lowest BCUT2D eigenvalue weighted by molar-refractivity contribution is -0.116. The number of primary amides is 1. The summed E-state index contributed by atoms with van der Waals surface area (Å²) in [6.45, 7) is 1.72. The lowest BCUT2D eigenvalue weighted by atomic mass is 10.1. The first-order valence-electron chi connectivity index (χ1n) is 4.37. The van der Waals surface area contributed by atoms with Crippen LogP contribution in [-0.4, -0.2) is 23.5 Å². The topological polar surface area (TPSA) is 92.4 Å². The second-order valence-corrected chi connectivity index (χ2v) is 3.17. The molecule has 0 aliphatic carbocycles. The molecule has 0 atom stereocenters. The number of nitrogens with one attached hydrogen (secondary N) is 1. The minimum absolute atomic E-state index is 0.0800. The molecule has 0 radical (unpaired) electrons. The largest absolute Gasteiger partial charge is 0.478 e. The van der Waals surface area contributed by atoms with E-state index in [2.05, 4.69) is 5.32 Å². The lowest BCUT2D eigenvalue weighted by Gasteiger charge is -2.08. The molecule has 0 aliphatic rings. The Labute approximate surface area is 86.9 Å². The normalized spacial score (nSPS) is 9.67. The molecule has 0 aromatic heterocycles. The van der Waals surface area contributed by atoms with Gasteiger partial charge in [0.25, 0.3) is 0 Å². The van der Waals surface area contributed by atoms with Crippen LogP contribution in [0.3, 0.4) is 0 Å². The Hall–Kier alpha value is -2.04. The third-order valence-corrected chi connectivity index (χ3v) is 1.86. The number of aromatic carboxylic acids is 1. The minimum Gasteiger partial charge on any atom is -0.478 e. The van der Waals surface area contributed by atoms with Crippen LogP contribution in [0.25, 0.3) is 0 Å². The van der Waals surface area contributed by atoms with Crippen molar-refractivity contribution in [2.75, 3.05) is 11.9 Å². The fraction of sp³-hybridized carbons (Fsp3) is 0.200. The predicted molar refractivity (Wildman–Crippen MR) is 55.8 cm³/mol. The maximum atomic E-state index is 10.9. The predicted octanol–water partition coefficient (Wildman–Crippen LogP) is 0.590. The molecule has 0 heterocycles. The van der Waals surface area contributed by atoms with Crippen LogP contribution < -0.4 is 11.1 Å². The van der Waals surface area contributed by atoms with Gasteiger partial charge in [0.1, 0.15) is 0 Å². The first kappa shape index (κ1) is 11.0. The van der Waals surface area contributed by atoms with Gasteiger partial charge in [0.05, 0.1) is 12.1 Å². The molecule has 0 spiro atoms. The number of benzene rings is 1. The van der Waals surface area contributed by atoms with Crippen LogP contribution in [0, 0.1) is 6.92 Å². The van der Waals surface area contributed by atoms with Gasteiger partial charge < -0.3 is 16.2 Å². The van der Waals surface area contributed by atoms with Crippen molar-refractivity contribution < 1.29 is 14.7 Å². The maximum absolute atomic E-state index is 10.9. The number of hydrogen-bond donors (Lipinski definition) is 3. The number of aryl methyl sites for hydroxylation is 1. The zero-order valence-corrected chi connectivity index (χ0v) is 8.28. The highest BCUT2D eigenvalue weighted by Crippen LogP contribution is 2.16. The Morgan fingerprint density at radius 3 is 2.67 bits per heavy atom.